The normalized spacial score (nSPS) is 17.0. The van der Waals surface area contributed by atoms with Crippen molar-refractivity contribution in [3.8, 4) is 11.5 Å². The number of benzene rings is 1. The van der Waals surface area contributed by atoms with Crippen LogP contribution in [0.3, 0.4) is 0 Å². The summed E-state index contributed by atoms with van der Waals surface area (Å²) in [5.41, 5.74) is 0.931. The van der Waals surface area contributed by atoms with E-state index in [-0.39, 0.29) is 11.9 Å². The number of amides is 1. The van der Waals surface area contributed by atoms with Gasteiger partial charge in [0.05, 0.1) is 26.2 Å². The SMILES string of the molecule is CCOc1cc(C2CC(=O)Nc3ncnn32)ccc1OC. The van der Waals surface area contributed by atoms with E-state index in [1.165, 1.54) is 6.33 Å². The molecule has 0 bridgehead atoms. The molecule has 1 aromatic heterocycles. The smallest absolute Gasteiger partial charge is 0.229 e. The van der Waals surface area contributed by atoms with E-state index in [2.05, 4.69) is 15.4 Å². The van der Waals surface area contributed by atoms with Gasteiger partial charge in [0.1, 0.15) is 6.33 Å². The molecule has 110 valence electrons. The summed E-state index contributed by atoms with van der Waals surface area (Å²) in [4.78, 5) is 15.8. The predicted molar refractivity (Wildman–Crippen MR) is 75.6 cm³/mol. The monoisotopic (exact) mass is 288 g/mol. The van der Waals surface area contributed by atoms with Crippen molar-refractivity contribution in [1.82, 2.24) is 14.8 Å². The number of rotatable bonds is 4. The van der Waals surface area contributed by atoms with Gasteiger partial charge in [-0.05, 0) is 24.6 Å². The Labute approximate surface area is 121 Å². The predicted octanol–water partition coefficient (Wildman–Crippen LogP) is 1.62. The van der Waals surface area contributed by atoms with Crippen molar-refractivity contribution in [1.29, 1.82) is 0 Å². The van der Waals surface area contributed by atoms with Crippen molar-refractivity contribution in [3.63, 3.8) is 0 Å². The molecule has 1 unspecified atom stereocenters. The van der Waals surface area contributed by atoms with E-state index in [4.69, 9.17) is 9.47 Å². The fraction of sp³-hybridized carbons (Fsp3) is 0.357. The van der Waals surface area contributed by atoms with Gasteiger partial charge in [-0.15, -0.1) is 0 Å². The lowest BCUT2D eigenvalue weighted by Gasteiger charge is -2.24. The highest BCUT2D eigenvalue weighted by Crippen LogP contribution is 2.34. The molecule has 0 aliphatic carbocycles. The molecule has 21 heavy (non-hydrogen) atoms. The summed E-state index contributed by atoms with van der Waals surface area (Å²) in [6.45, 7) is 2.45. The van der Waals surface area contributed by atoms with Crippen molar-refractivity contribution in [2.24, 2.45) is 0 Å². The van der Waals surface area contributed by atoms with Gasteiger partial charge in [0, 0.05) is 0 Å². The van der Waals surface area contributed by atoms with Crippen LogP contribution < -0.4 is 14.8 Å². The van der Waals surface area contributed by atoms with Crippen molar-refractivity contribution < 1.29 is 14.3 Å². The van der Waals surface area contributed by atoms with Gasteiger partial charge in [-0.25, -0.2) is 4.68 Å². The van der Waals surface area contributed by atoms with Gasteiger partial charge in [0.2, 0.25) is 11.9 Å². The molecule has 2 aromatic rings. The van der Waals surface area contributed by atoms with E-state index in [1.54, 1.807) is 11.8 Å². The molecule has 1 N–H and O–H groups in total. The lowest BCUT2D eigenvalue weighted by molar-refractivity contribution is -0.117. The molecular weight excluding hydrogens is 272 g/mol. The Hall–Kier alpha value is -2.57. The van der Waals surface area contributed by atoms with Gasteiger partial charge in [0.25, 0.3) is 0 Å². The first-order valence-electron chi connectivity index (χ1n) is 6.73. The standard InChI is InChI=1S/C14H16N4O3/c1-3-21-12-6-9(4-5-11(12)20-2)10-7-13(19)17-14-15-8-16-18(10)14/h4-6,8,10H,3,7H2,1-2H3,(H,15,16,17,19). The van der Waals surface area contributed by atoms with Crippen LogP contribution in [0.5, 0.6) is 11.5 Å². The number of nitrogens with zero attached hydrogens (tertiary/aromatic N) is 3. The Morgan fingerprint density at radius 2 is 2.29 bits per heavy atom. The van der Waals surface area contributed by atoms with Crippen LogP contribution in [-0.2, 0) is 4.79 Å². The summed E-state index contributed by atoms with van der Waals surface area (Å²) in [5.74, 6) is 1.71. The number of nitrogens with one attached hydrogen (secondary N) is 1. The highest BCUT2D eigenvalue weighted by Gasteiger charge is 2.28. The van der Waals surface area contributed by atoms with E-state index in [0.717, 1.165) is 5.56 Å². The Morgan fingerprint density at radius 1 is 1.43 bits per heavy atom. The summed E-state index contributed by atoms with van der Waals surface area (Å²) in [6, 6.07) is 5.44. The van der Waals surface area contributed by atoms with Gasteiger partial charge in [-0.2, -0.15) is 10.1 Å². The summed E-state index contributed by atoms with van der Waals surface area (Å²) in [7, 11) is 1.60. The number of carbonyl (C=O) groups is 1. The number of hydrogen-bond acceptors (Lipinski definition) is 5. The largest absolute Gasteiger partial charge is 0.493 e. The average Bonchev–Trinajstić information content (AvgIpc) is 2.94. The van der Waals surface area contributed by atoms with Crippen molar-refractivity contribution in [2.45, 2.75) is 19.4 Å². The molecule has 1 aliphatic rings. The minimum Gasteiger partial charge on any atom is -0.493 e. The van der Waals surface area contributed by atoms with Gasteiger partial charge >= 0.3 is 0 Å². The third kappa shape index (κ3) is 2.42. The fourth-order valence-electron chi connectivity index (χ4n) is 2.43. The first-order valence-corrected chi connectivity index (χ1v) is 6.73. The molecule has 0 radical (unpaired) electrons. The van der Waals surface area contributed by atoms with Gasteiger partial charge in [-0.1, -0.05) is 6.07 Å². The highest BCUT2D eigenvalue weighted by atomic mass is 16.5. The molecule has 1 aromatic carbocycles. The van der Waals surface area contributed by atoms with Gasteiger partial charge in [0.15, 0.2) is 11.5 Å². The molecule has 1 amide bonds. The lowest BCUT2D eigenvalue weighted by atomic mass is 10.0. The maximum atomic E-state index is 11.8. The molecule has 7 nitrogen and oxygen atoms in total. The molecule has 0 saturated carbocycles. The van der Waals surface area contributed by atoms with Crippen molar-refractivity contribution >= 4 is 11.9 Å². The Morgan fingerprint density at radius 3 is 3.05 bits per heavy atom. The summed E-state index contributed by atoms with van der Waals surface area (Å²) in [6.07, 6.45) is 1.75. The van der Waals surface area contributed by atoms with Crippen molar-refractivity contribution in [2.75, 3.05) is 19.0 Å². The van der Waals surface area contributed by atoms with Crippen LogP contribution >= 0.6 is 0 Å². The van der Waals surface area contributed by atoms with E-state index in [9.17, 15) is 4.79 Å². The second kappa shape index (κ2) is 5.43. The minimum absolute atomic E-state index is 0.0747. The molecule has 1 aliphatic heterocycles. The van der Waals surface area contributed by atoms with Crippen LogP contribution in [0.4, 0.5) is 5.95 Å². The maximum Gasteiger partial charge on any atom is 0.229 e. The van der Waals surface area contributed by atoms with Crippen LogP contribution in [0, 0.1) is 0 Å². The molecule has 0 fully saturated rings. The zero-order valence-corrected chi connectivity index (χ0v) is 11.9. The van der Waals surface area contributed by atoms with E-state index >= 15 is 0 Å². The number of hydrogen-bond donors (Lipinski definition) is 1. The lowest BCUT2D eigenvalue weighted by Crippen LogP contribution is -2.29. The summed E-state index contributed by atoms with van der Waals surface area (Å²) in [5, 5.41) is 6.88. The Bertz CT molecular complexity index is 668. The van der Waals surface area contributed by atoms with Crippen LogP contribution in [0.25, 0.3) is 0 Å². The second-order valence-electron chi connectivity index (χ2n) is 4.64. The summed E-state index contributed by atoms with van der Waals surface area (Å²) < 4.78 is 12.6. The highest BCUT2D eigenvalue weighted by molar-refractivity contribution is 5.91. The molecule has 1 atom stereocenters. The second-order valence-corrected chi connectivity index (χ2v) is 4.64. The first-order chi connectivity index (χ1) is 10.2. The van der Waals surface area contributed by atoms with Gasteiger partial charge < -0.3 is 9.47 Å². The Kier molecular flexibility index (Phi) is 3.47. The number of carbonyl (C=O) groups excluding carboxylic acids is 1. The zero-order chi connectivity index (χ0) is 14.8. The average molecular weight is 288 g/mol. The number of methoxy groups -OCH3 is 1. The van der Waals surface area contributed by atoms with Crippen LogP contribution in [0.15, 0.2) is 24.5 Å². The van der Waals surface area contributed by atoms with Crippen molar-refractivity contribution in [3.05, 3.63) is 30.1 Å². The van der Waals surface area contributed by atoms with E-state index in [1.807, 2.05) is 25.1 Å². The molecule has 0 saturated heterocycles. The number of fused-ring (bicyclic) bond motifs is 1. The number of ether oxygens (including phenoxy) is 2. The molecule has 2 heterocycles. The molecule has 3 rings (SSSR count). The quantitative estimate of drug-likeness (QED) is 0.925. The van der Waals surface area contributed by atoms with Gasteiger partial charge in [-0.3, -0.25) is 10.1 Å². The number of anilines is 1. The first kappa shape index (κ1) is 13.4. The van der Waals surface area contributed by atoms with E-state index in [0.29, 0.717) is 30.5 Å². The minimum atomic E-state index is -0.193. The fourth-order valence-corrected chi connectivity index (χ4v) is 2.43. The number of aromatic nitrogens is 3. The zero-order valence-electron chi connectivity index (χ0n) is 11.9. The van der Waals surface area contributed by atoms with Crippen LogP contribution in [0.2, 0.25) is 0 Å². The Balaban J connectivity index is 2.01. The molecule has 0 spiro atoms. The third-order valence-corrected chi connectivity index (χ3v) is 3.37. The van der Waals surface area contributed by atoms with E-state index < -0.39 is 0 Å². The van der Waals surface area contributed by atoms with Crippen LogP contribution in [-0.4, -0.2) is 34.4 Å². The maximum absolute atomic E-state index is 11.8. The third-order valence-electron chi connectivity index (χ3n) is 3.37. The molecular formula is C14H16N4O3. The molecule has 7 heteroatoms. The van der Waals surface area contributed by atoms with Crippen LogP contribution in [0.1, 0.15) is 24.9 Å². The summed E-state index contributed by atoms with van der Waals surface area (Å²) >= 11 is 0. The topological polar surface area (TPSA) is 78.3 Å².